The van der Waals surface area contributed by atoms with E-state index < -0.39 is 17.8 Å². The predicted molar refractivity (Wildman–Crippen MR) is 154 cm³/mol. The minimum Gasteiger partial charge on any atom is -0.488 e. The van der Waals surface area contributed by atoms with Crippen LogP contribution >= 0.6 is 0 Å². The number of aromatic nitrogens is 1. The van der Waals surface area contributed by atoms with Gasteiger partial charge in [0.2, 0.25) is 11.8 Å². The number of fused-ring (bicyclic) bond motifs is 1. The first kappa shape index (κ1) is 28.3. The van der Waals surface area contributed by atoms with Crippen LogP contribution in [-0.2, 0) is 22.7 Å². The summed E-state index contributed by atoms with van der Waals surface area (Å²) in [5, 5.41) is 11.3. The number of amides is 3. The van der Waals surface area contributed by atoms with Crippen molar-refractivity contribution in [3.05, 3.63) is 88.4 Å². The van der Waals surface area contributed by atoms with Gasteiger partial charge in [0, 0.05) is 48.4 Å². The first-order chi connectivity index (χ1) is 20.8. The van der Waals surface area contributed by atoms with Gasteiger partial charge in [0.1, 0.15) is 36.1 Å². The highest BCUT2D eigenvalue weighted by Crippen LogP contribution is 2.35. The summed E-state index contributed by atoms with van der Waals surface area (Å²) < 4.78 is 21.2. The van der Waals surface area contributed by atoms with Crippen LogP contribution in [-0.4, -0.2) is 46.7 Å². The molecular formula is C32H31FN6O4. The minimum atomic E-state index is -0.723. The second-order valence-electron chi connectivity index (χ2n) is 11.2. The van der Waals surface area contributed by atoms with E-state index in [0.717, 1.165) is 37.3 Å². The van der Waals surface area contributed by atoms with E-state index in [1.807, 2.05) is 12.1 Å². The summed E-state index contributed by atoms with van der Waals surface area (Å²) in [5.41, 5.74) is 9.27. The Hall–Kier alpha value is -4.82. The Kier molecular flexibility index (Phi) is 7.78. The van der Waals surface area contributed by atoms with Crippen LogP contribution in [0.5, 0.6) is 5.75 Å². The lowest BCUT2D eigenvalue weighted by molar-refractivity contribution is -0.136. The molecule has 0 aliphatic carbocycles. The summed E-state index contributed by atoms with van der Waals surface area (Å²) in [4.78, 5) is 45.0. The second kappa shape index (κ2) is 11.8. The molecule has 0 bridgehead atoms. The van der Waals surface area contributed by atoms with E-state index in [-0.39, 0.29) is 49.8 Å². The van der Waals surface area contributed by atoms with E-state index in [9.17, 15) is 14.4 Å². The van der Waals surface area contributed by atoms with Crippen molar-refractivity contribution in [2.24, 2.45) is 11.7 Å². The number of nitrogens with two attached hydrogens (primary N) is 1. The molecule has 11 heteroatoms. The van der Waals surface area contributed by atoms with Gasteiger partial charge >= 0.3 is 0 Å². The lowest BCUT2D eigenvalue weighted by Crippen LogP contribution is -2.52. The molecule has 2 aromatic carbocycles. The van der Waals surface area contributed by atoms with E-state index in [1.54, 1.807) is 36.5 Å². The molecule has 2 saturated heterocycles. The van der Waals surface area contributed by atoms with E-state index in [4.69, 9.17) is 15.7 Å². The Morgan fingerprint density at radius 2 is 1.93 bits per heavy atom. The largest absolute Gasteiger partial charge is 0.488 e. The zero-order chi connectivity index (χ0) is 30.1. The van der Waals surface area contributed by atoms with Gasteiger partial charge in [0.15, 0.2) is 0 Å². The fourth-order valence-corrected chi connectivity index (χ4v) is 6.13. The van der Waals surface area contributed by atoms with Gasteiger partial charge in [0.25, 0.3) is 5.91 Å². The predicted octanol–water partition coefficient (Wildman–Crippen LogP) is 3.35. The zero-order valence-electron chi connectivity index (χ0n) is 23.5. The number of benzene rings is 2. The number of piperidine rings is 2. The molecule has 0 unspecified atom stereocenters. The Labute approximate surface area is 248 Å². The summed E-state index contributed by atoms with van der Waals surface area (Å²) in [6.07, 6.45) is 3.69. The molecule has 0 spiro atoms. The number of hydrogen-bond acceptors (Lipinski definition) is 8. The van der Waals surface area contributed by atoms with Crippen LogP contribution in [0.1, 0.15) is 64.3 Å². The summed E-state index contributed by atoms with van der Waals surface area (Å²) in [6, 6.07) is 14.7. The minimum absolute atomic E-state index is 0.0413. The molecule has 220 valence electrons. The lowest BCUT2D eigenvalue weighted by atomic mass is 9.85. The van der Waals surface area contributed by atoms with Crippen molar-refractivity contribution in [2.45, 2.75) is 50.9 Å². The highest BCUT2D eigenvalue weighted by atomic mass is 19.1. The van der Waals surface area contributed by atoms with Gasteiger partial charge in [-0.05, 0) is 61.1 Å². The molecule has 0 saturated carbocycles. The maximum Gasteiger partial charge on any atom is 0.255 e. The Bertz CT molecular complexity index is 1610. The molecule has 3 aromatic rings. The van der Waals surface area contributed by atoms with Crippen LogP contribution in [0, 0.1) is 23.1 Å². The molecule has 1 aromatic heterocycles. The van der Waals surface area contributed by atoms with Crippen molar-refractivity contribution in [1.82, 2.24) is 15.2 Å². The number of pyridine rings is 1. The zero-order valence-corrected chi connectivity index (χ0v) is 23.5. The molecule has 43 heavy (non-hydrogen) atoms. The molecule has 6 rings (SSSR count). The van der Waals surface area contributed by atoms with Crippen molar-refractivity contribution < 1.29 is 23.5 Å². The summed E-state index contributed by atoms with van der Waals surface area (Å²) in [7, 11) is 0. The van der Waals surface area contributed by atoms with Gasteiger partial charge in [-0.2, -0.15) is 5.26 Å². The number of nitriles is 1. The molecule has 10 nitrogen and oxygen atoms in total. The van der Waals surface area contributed by atoms with Crippen molar-refractivity contribution in [1.29, 1.82) is 5.26 Å². The highest BCUT2D eigenvalue weighted by Gasteiger charge is 2.40. The number of halogens is 1. The third kappa shape index (κ3) is 5.66. The Morgan fingerprint density at radius 3 is 2.63 bits per heavy atom. The molecule has 0 radical (unpaired) electrons. The van der Waals surface area contributed by atoms with E-state index in [0.29, 0.717) is 28.0 Å². The smallest absolute Gasteiger partial charge is 0.255 e. The van der Waals surface area contributed by atoms with Gasteiger partial charge in [0.05, 0.1) is 12.1 Å². The maximum absolute atomic E-state index is 15.2. The summed E-state index contributed by atoms with van der Waals surface area (Å²) >= 11 is 0. The Balaban J connectivity index is 1.07. The van der Waals surface area contributed by atoms with Crippen molar-refractivity contribution in [3.8, 4) is 11.8 Å². The number of carbonyl (C=O) groups is 3. The first-order valence-electron chi connectivity index (χ1n) is 14.4. The second-order valence-corrected chi connectivity index (χ2v) is 11.2. The fraction of sp³-hybridized carbons (Fsp3) is 0.344. The summed E-state index contributed by atoms with van der Waals surface area (Å²) in [5.74, 6) is -0.0598. The number of nitrogens with one attached hydrogen (secondary N) is 1. The standard InChI is InChI=1S/C32H31FN6O4/c33-25-14-21(30(35)20-10-12-38(13-11-20)28-8-4-19(15-34)16-36-28)5-6-22(25)18-43-27-3-1-2-23-24(27)17-39(32(23)42)26-7-9-29(40)37-31(26)41/h1-6,8,14,16,20,26,30H,7,9-13,17-18,35H2,(H,37,40,41)/t26-,30-/m0/s1. The molecule has 3 N–H and O–H groups in total. The number of anilines is 1. The van der Waals surface area contributed by atoms with Gasteiger partial charge in [-0.25, -0.2) is 9.37 Å². The van der Waals surface area contributed by atoms with Gasteiger partial charge in [-0.15, -0.1) is 0 Å². The molecule has 3 aliphatic rings. The van der Waals surface area contributed by atoms with Crippen molar-refractivity contribution in [2.75, 3.05) is 18.0 Å². The topological polar surface area (TPSA) is 142 Å². The number of hydrogen-bond donors (Lipinski definition) is 2. The van der Waals surface area contributed by atoms with Crippen LogP contribution in [0.15, 0.2) is 54.7 Å². The highest BCUT2D eigenvalue weighted by molar-refractivity contribution is 6.05. The number of carbonyl (C=O) groups excluding carboxylic acids is 3. The number of nitrogens with zero attached hydrogens (tertiary/aromatic N) is 4. The third-order valence-electron chi connectivity index (χ3n) is 8.63. The normalized spacial score (nSPS) is 19.6. The van der Waals surface area contributed by atoms with Gasteiger partial charge in [-0.1, -0.05) is 18.2 Å². The number of ether oxygens (including phenoxy) is 1. The first-order valence-corrected chi connectivity index (χ1v) is 14.4. The average Bonchev–Trinajstić information content (AvgIpc) is 3.36. The van der Waals surface area contributed by atoms with Crippen LogP contribution < -0.4 is 20.7 Å². The van der Waals surface area contributed by atoms with Crippen LogP contribution in [0.3, 0.4) is 0 Å². The molecule has 2 fully saturated rings. The van der Waals surface area contributed by atoms with Crippen LogP contribution in [0.25, 0.3) is 0 Å². The van der Waals surface area contributed by atoms with Crippen LogP contribution in [0.2, 0.25) is 0 Å². The lowest BCUT2D eigenvalue weighted by Gasteiger charge is -2.35. The number of imide groups is 1. The average molecular weight is 583 g/mol. The van der Waals surface area contributed by atoms with E-state index in [2.05, 4.69) is 21.3 Å². The fourth-order valence-electron chi connectivity index (χ4n) is 6.13. The van der Waals surface area contributed by atoms with E-state index >= 15 is 4.39 Å². The molecule has 3 aliphatic heterocycles. The van der Waals surface area contributed by atoms with Crippen molar-refractivity contribution >= 4 is 23.5 Å². The van der Waals surface area contributed by atoms with Crippen LogP contribution in [0.4, 0.5) is 10.2 Å². The monoisotopic (exact) mass is 582 g/mol. The SMILES string of the molecule is N#Cc1ccc(N2CCC([C@H](N)c3ccc(COc4cccc5c4CN([C@H]4CCC(=O)NC4=O)C5=O)c(F)c3)CC2)nc1. The molecule has 2 atom stereocenters. The number of rotatable bonds is 7. The van der Waals surface area contributed by atoms with Crippen molar-refractivity contribution in [3.63, 3.8) is 0 Å². The van der Waals surface area contributed by atoms with Gasteiger partial charge in [-0.3, -0.25) is 19.7 Å². The molecular weight excluding hydrogens is 551 g/mol. The third-order valence-corrected chi connectivity index (χ3v) is 8.63. The Morgan fingerprint density at radius 1 is 1.12 bits per heavy atom. The van der Waals surface area contributed by atoms with Gasteiger partial charge < -0.3 is 20.3 Å². The molecule has 3 amide bonds. The quantitative estimate of drug-likeness (QED) is 0.404. The van der Waals surface area contributed by atoms with E-state index in [1.165, 1.54) is 11.0 Å². The summed E-state index contributed by atoms with van der Waals surface area (Å²) in [6.45, 7) is 1.68. The molecule has 4 heterocycles. The maximum atomic E-state index is 15.2.